The molecule has 28 heavy (non-hydrogen) atoms. The Hall–Kier alpha value is -1.76. The average Bonchev–Trinajstić information content (AvgIpc) is 3.45. The van der Waals surface area contributed by atoms with Crippen LogP contribution in [0.25, 0.3) is 6.08 Å². The van der Waals surface area contributed by atoms with Gasteiger partial charge >= 0.3 is 0 Å². The first-order valence-electron chi connectivity index (χ1n) is 10.0. The zero-order chi connectivity index (χ0) is 19.5. The van der Waals surface area contributed by atoms with E-state index in [1.165, 1.54) is 28.5 Å². The molecule has 0 radical (unpaired) electrons. The highest BCUT2D eigenvalue weighted by Crippen LogP contribution is 2.30. The zero-order valence-electron chi connectivity index (χ0n) is 15.9. The van der Waals surface area contributed by atoms with Crippen molar-refractivity contribution in [3.05, 3.63) is 41.0 Å². The Morgan fingerprint density at radius 3 is 2.89 bits per heavy atom. The molecule has 4 atom stereocenters. The van der Waals surface area contributed by atoms with Crippen LogP contribution < -0.4 is 10.6 Å². The first-order valence-corrected chi connectivity index (χ1v) is 11.1. The number of ketones is 2. The molecule has 1 aromatic carbocycles. The molecule has 0 aromatic heterocycles. The van der Waals surface area contributed by atoms with Crippen LogP contribution in [-0.2, 0) is 20.8 Å². The number of fused-ring (bicyclic) bond motifs is 1. The van der Waals surface area contributed by atoms with Crippen molar-refractivity contribution in [2.75, 3.05) is 12.4 Å². The molecule has 2 N–H and O–H groups in total. The summed E-state index contributed by atoms with van der Waals surface area (Å²) < 4.78 is 0. The van der Waals surface area contributed by atoms with E-state index in [0.29, 0.717) is 25.3 Å². The normalized spacial score (nSPS) is 28.8. The predicted molar refractivity (Wildman–Crippen MR) is 111 cm³/mol. The van der Waals surface area contributed by atoms with Crippen LogP contribution in [0.5, 0.6) is 0 Å². The standard InChI is InChI=1S/C22H26N2O3S/c25-12-18-17(8-9-23-18)21(27)20-22(28-13-24-20)19(26)7-3-4-14-10-15-5-1-2-6-16(15)11-14/h1-2,5-6,10,12,17-18,20,22-24H,3-4,7-9,11,13H2/t17?,18-,20-,22?/m1/s1. The number of carbonyl (C=O) groups is 3. The van der Waals surface area contributed by atoms with Gasteiger partial charge in [0.25, 0.3) is 0 Å². The van der Waals surface area contributed by atoms with Gasteiger partial charge in [-0.25, -0.2) is 0 Å². The van der Waals surface area contributed by atoms with Crippen LogP contribution in [0, 0.1) is 5.92 Å². The number of allylic oxidation sites excluding steroid dienone is 1. The number of thioether (sulfide) groups is 1. The molecule has 3 aliphatic rings. The molecule has 2 heterocycles. The number of benzene rings is 1. The van der Waals surface area contributed by atoms with E-state index in [2.05, 4.69) is 41.0 Å². The Morgan fingerprint density at radius 2 is 2.07 bits per heavy atom. The minimum absolute atomic E-state index is 0.0133. The number of rotatable bonds is 8. The molecule has 2 unspecified atom stereocenters. The molecule has 0 saturated carbocycles. The van der Waals surface area contributed by atoms with Crippen molar-refractivity contribution in [1.82, 2.24) is 10.6 Å². The van der Waals surface area contributed by atoms with Gasteiger partial charge in [0.2, 0.25) is 0 Å². The molecular formula is C22H26N2O3S. The van der Waals surface area contributed by atoms with Gasteiger partial charge < -0.3 is 10.1 Å². The van der Waals surface area contributed by atoms with E-state index in [1.54, 1.807) is 0 Å². The molecule has 2 aliphatic heterocycles. The molecule has 2 saturated heterocycles. The Balaban J connectivity index is 1.29. The van der Waals surface area contributed by atoms with Gasteiger partial charge in [0.1, 0.15) is 12.1 Å². The largest absolute Gasteiger partial charge is 0.307 e. The molecule has 0 spiro atoms. The lowest BCUT2D eigenvalue weighted by atomic mass is 9.89. The highest BCUT2D eigenvalue weighted by Gasteiger charge is 2.43. The van der Waals surface area contributed by atoms with Crippen LogP contribution in [-0.4, -0.2) is 47.6 Å². The van der Waals surface area contributed by atoms with Crippen LogP contribution in [0.2, 0.25) is 0 Å². The van der Waals surface area contributed by atoms with Crippen LogP contribution in [0.15, 0.2) is 29.8 Å². The SMILES string of the molecule is O=C[C@H]1NCCC1C(=O)[C@H]1NCSC1C(=O)CCCC1=Cc2ccccc2C1. The van der Waals surface area contributed by atoms with E-state index < -0.39 is 12.1 Å². The quantitative estimate of drug-likeness (QED) is 0.654. The molecule has 6 heteroatoms. The second-order valence-electron chi connectivity index (χ2n) is 7.82. The fourth-order valence-electron chi connectivity index (χ4n) is 4.52. The predicted octanol–water partition coefficient (Wildman–Crippen LogP) is 2.14. The lowest BCUT2D eigenvalue weighted by Gasteiger charge is -2.21. The van der Waals surface area contributed by atoms with Crippen molar-refractivity contribution in [1.29, 1.82) is 0 Å². The Morgan fingerprint density at radius 1 is 1.21 bits per heavy atom. The fourth-order valence-corrected chi connectivity index (χ4v) is 5.71. The van der Waals surface area contributed by atoms with Crippen LogP contribution in [0.3, 0.4) is 0 Å². The molecule has 5 nitrogen and oxygen atoms in total. The number of Topliss-reactive ketones (excluding diaryl/α,β-unsaturated/α-hetero) is 2. The summed E-state index contributed by atoms with van der Waals surface area (Å²) in [6.07, 6.45) is 6.94. The van der Waals surface area contributed by atoms with Crippen LogP contribution in [0.4, 0.5) is 0 Å². The lowest BCUT2D eigenvalue weighted by Crippen LogP contribution is -2.47. The van der Waals surface area contributed by atoms with Crippen molar-refractivity contribution in [2.45, 2.75) is 49.4 Å². The van der Waals surface area contributed by atoms with Crippen molar-refractivity contribution in [2.24, 2.45) is 5.92 Å². The first kappa shape index (κ1) is 19.6. The molecule has 0 amide bonds. The van der Waals surface area contributed by atoms with E-state index in [9.17, 15) is 14.4 Å². The fraction of sp³-hybridized carbons (Fsp3) is 0.500. The van der Waals surface area contributed by atoms with Crippen molar-refractivity contribution < 1.29 is 14.4 Å². The van der Waals surface area contributed by atoms with Gasteiger partial charge in [0.05, 0.1) is 17.3 Å². The molecule has 4 rings (SSSR count). The minimum Gasteiger partial charge on any atom is -0.307 e. The Bertz CT molecular complexity index is 807. The van der Waals surface area contributed by atoms with Gasteiger partial charge in [-0.1, -0.05) is 35.9 Å². The third-order valence-corrected chi connectivity index (χ3v) is 7.25. The van der Waals surface area contributed by atoms with Gasteiger partial charge in [0.15, 0.2) is 5.78 Å². The number of hydrogen-bond donors (Lipinski definition) is 2. The first-order chi connectivity index (χ1) is 13.7. The van der Waals surface area contributed by atoms with E-state index in [0.717, 1.165) is 25.5 Å². The van der Waals surface area contributed by atoms with Gasteiger partial charge in [-0.05, 0) is 43.4 Å². The third-order valence-electron chi connectivity index (χ3n) is 6.03. The maximum Gasteiger partial charge on any atom is 0.156 e. The summed E-state index contributed by atoms with van der Waals surface area (Å²) >= 11 is 1.52. The second kappa shape index (κ2) is 8.72. The second-order valence-corrected chi connectivity index (χ2v) is 8.95. The Kier molecular flexibility index (Phi) is 6.09. The summed E-state index contributed by atoms with van der Waals surface area (Å²) in [7, 11) is 0. The van der Waals surface area contributed by atoms with Crippen LogP contribution in [0.1, 0.15) is 36.8 Å². The summed E-state index contributed by atoms with van der Waals surface area (Å²) in [4.78, 5) is 36.9. The van der Waals surface area contributed by atoms with E-state index >= 15 is 0 Å². The Labute approximate surface area is 169 Å². The van der Waals surface area contributed by atoms with Crippen molar-refractivity contribution in [3.8, 4) is 0 Å². The third kappa shape index (κ3) is 4.00. The summed E-state index contributed by atoms with van der Waals surface area (Å²) in [5.74, 6) is 0.461. The average molecular weight is 399 g/mol. The maximum atomic E-state index is 12.9. The zero-order valence-corrected chi connectivity index (χ0v) is 16.7. The minimum atomic E-state index is -0.459. The van der Waals surface area contributed by atoms with Gasteiger partial charge in [-0.15, -0.1) is 11.8 Å². The number of aldehydes is 1. The van der Waals surface area contributed by atoms with Gasteiger partial charge in [-0.2, -0.15) is 0 Å². The summed E-state index contributed by atoms with van der Waals surface area (Å²) in [5, 5.41) is 5.93. The summed E-state index contributed by atoms with van der Waals surface area (Å²) in [6.45, 7) is 0.676. The topological polar surface area (TPSA) is 75.3 Å². The number of hydrogen-bond acceptors (Lipinski definition) is 6. The smallest absolute Gasteiger partial charge is 0.156 e. The molecule has 1 aliphatic carbocycles. The van der Waals surface area contributed by atoms with Gasteiger partial charge in [-0.3, -0.25) is 14.9 Å². The lowest BCUT2D eigenvalue weighted by molar-refractivity contribution is -0.129. The number of carbonyl (C=O) groups excluding carboxylic acids is 3. The molecule has 148 valence electrons. The molecule has 2 fully saturated rings. The molecular weight excluding hydrogens is 372 g/mol. The molecule has 0 bridgehead atoms. The maximum absolute atomic E-state index is 12.9. The van der Waals surface area contributed by atoms with E-state index in [4.69, 9.17) is 0 Å². The summed E-state index contributed by atoms with van der Waals surface area (Å²) in [5.41, 5.74) is 4.03. The molecule has 1 aromatic rings. The summed E-state index contributed by atoms with van der Waals surface area (Å²) in [6, 6.07) is 7.54. The number of nitrogens with one attached hydrogen (secondary N) is 2. The van der Waals surface area contributed by atoms with Crippen molar-refractivity contribution in [3.63, 3.8) is 0 Å². The van der Waals surface area contributed by atoms with Crippen LogP contribution >= 0.6 is 11.8 Å². The van der Waals surface area contributed by atoms with E-state index in [-0.39, 0.29) is 22.7 Å². The van der Waals surface area contributed by atoms with Crippen molar-refractivity contribution >= 4 is 35.7 Å². The van der Waals surface area contributed by atoms with Gasteiger partial charge in [0, 0.05) is 18.2 Å². The van der Waals surface area contributed by atoms with E-state index in [1.807, 2.05) is 0 Å². The highest BCUT2D eigenvalue weighted by atomic mass is 32.2. The highest BCUT2D eigenvalue weighted by molar-refractivity contribution is 8.00. The monoisotopic (exact) mass is 398 g/mol.